The number of pyridine rings is 2. The number of benzene rings is 6. The molecule has 0 fully saturated rings. The lowest BCUT2D eigenvalue weighted by Crippen LogP contribution is -2.36. The molecule has 5 heteroatoms. The average molecular weight is 642 g/mol. The number of para-hydroxylation sites is 2. The molecule has 0 aliphatic carbocycles. The number of hydrogen-bond acceptors (Lipinski definition) is 5. The van der Waals surface area contributed by atoms with Crippen molar-refractivity contribution < 1.29 is 0 Å². The predicted octanol–water partition coefficient (Wildman–Crippen LogP) is 10.3. The minimum Gasteiger partial charge on any atom is -0.324 e. The van der Waals surface area contributed by atoms with E-state index in [9.17, 15) is 0 Å². The van der Waals surface area contributed by atoms with Gasteiger partial charge in [0, 0.05) is 45.4 Å². The highest BCUT2D eigenvalue weighted by Crippen LogP contribution is 2.32. The van der Waals surface area contributed by atoms with Crippen molar-refractivity contribution in [2.45, 2.75) is 6.17 Å². The molecule has 1 N–H and O–H groups in total. The second-order valence-electron chi connectivity index (χ2n) is 12.4. The fourth-order valence-electron chi connectivity index (χ4n) is 6.66. The monoisotopic (exact) mass is 641 g/mol. The minimum atomic E-state index is -0.420. The van der Waals surface area contributed by atoms with Crippen molar-refractivity contribution in [3.05, 3.63) is 193 Å². The Kier molecular flexibility index (Phi) is 7.48. The molecular formula is C45H31N5. The molecule has 6 aromatic carbocycles. The van der Waals surface area contributed by atoms with Crippen molar-refractivity contribution in [2.75, 3.05) is 0 Å². The summed E-state index contributed by atoms with van der Waals surface area (Å²) in [6, 6.07) is 56.8. The van der Waals surface area contributed by atoms with Crippen LogP contribution in [-0.2, 0) is 0 Å². The molecule has 2 aromatic heterocycles. The number of aliphatic imine (C=N–C) groups is 2. The number of rotatable bonds is 6. The number of amidine groups is 2. The van der Waals surface area contributed by atoms with Crippen molar-refractivity contribution in [1.29, 1.82) is 0 Å². The summed E-state index contributed by atoms with van der Waals surface area (Å²) in [7, 11) is 0. The third-order valence-corrected chi connectivity index (χ3v) is 9.26. The van der Waals surface area contributed by atoms with Crippen LogP contribution in [0, 0.1) is 0 Å². The van der Waals surface area contributed by atoms with Gasteiger partial charge in [-0.15, -0.1) is 0 Å². The molecule has 1 aliphatic heterocycles. The van der Waals surface area contributed by atoms with Crippen molar-refractivity contribution >= 4 is 33.5 Å². The molecule has 0 saturated heterocycles. The summed E-state index contributed by atoms with van der Waals surface area (Å²) in [5, 5.41) is 5.82. The lowest BCUT2D eigenvalue weighted by atomic mass is 9.99. The van der Waals surface area contributed by atoms with Gasteiger partial charge in [0.1, 0.15) is 11.7 Å². The van der Waals surface area contributed by atoms with Crippen LogP contribution in [-0.4, -0.2) is 21.6 Å². The second-order valence-corrected chi connectivity index (χ2v) is 12.4. The molecule has 0 radical (unpaired) electrons. The summed E-state index contributed by atoms with van der Waals surface area (Å²) in [4.78, 5) is 19.6. The highest BCUT2D eigenvalue weighted by atomic mass is 15.2. The Morgan fingerprint density at radius 1 is 0.360 bits per heavy atom. The van der Waals surface area contributed by atoms with Gasteiger partial charge in [0.15, 0.2) is 6.17 Å². The zero-order valence-corrected chi connectivity index (χ0v) is 27.1. The minimum absolute atomic E-state index is 0.420. The van der Waals surface area contributed by atoms with E-state index in [1.165, 1.54) is 5.56 Å². The Labute approximate surface area is 290 Å². The fourth-order valence-corrected chi connectivity index (χ4v) is 6.66. The van der Waals surface area contributed by atoms with Crippen LogP contribution < -0.4 is 5.32 Å². The summed E-state index contributed by atoms with van der Waals surface area (Å²) >= 11 is 0. The van der Waals surface area contributed by atoms with Gasteiger partial charge in [-0.25, -0.2) is 9.98 Å². The number of aromatic nitrogens is 2. The van der Waals surface area contributed by atoms with Crippen molar-refractivity contribution in [2.24, 2.45) is 9.98 Å². The molecule has 0 bridgehead atoms. The quantitative estimate of drug-likeness (QED) is 0.197. The molecule has 50 heavy (non-hydrogen) atoms. The number of nitrogens with zero attached hydrogens (tertiary/aromatic N) is 4. The van der Waals surface area contributed by atoms with Crippen LogP contribution in [0.15, 0.2) is 186 Å². The van der Waals surface area contributed by atoms with Crippen LogP contribution in [0.1, 0.15) is 22.9 Å². The molecule has 1 unspecified atom stereocenters. The third kappa shape index (κ3) is 5.61. The van der Waals surface area contributed by atoms with Gasteiger partial charge in [0.2, 0.25) is 0 Å². The first kappa shape index (κ1) is 29.4. The number of hydrogen-bond donors (Lipinski definition) is 1. The van der Waals surface area contributed by atoms with Crippen LogP contribution in [0.5, 0.6) is 0 Å². The van der Waals surface area contributed by atoms with Crippen LogP contribution in [0.4, 0.5) is 0 Å². The summed E-state index contributed by atoms with van der Waals surface area (Å²) in [5.74, 6) is 1.56. The van der Waals surface area contributed by atoms with Crippen LogP contribution in [0.3, 0.4) is 0 Å². The zero-order chi connectivity index (χ0) is 33.3. The van der Waals surface area contributed by atoms with Gasteiger partial charge in [-0.2, -0.15) is 0 Å². The Morgan fingerprint density at radius 3 is 1.34 bits per heavy atom. The lowest BCUT2D eigenvalue weighted by Gasteiger charge is -2.23. The largest absolute Gasteiger partial charge is 0.324 e. The highest BCUT2D eigenvalue weighted by molar-refractivity contribution is 6.16. The van der Waals surface area contributed by atoms with E-state index in [0.29, 0.717) is 0 Å². The van der Waals surface area contributed by atoms with Gasteiger partial charge in [0.25, 0.3) is 0 Å². The molecule has 0 amide bonds. The van der Waals surface area contributed by atoms with E-state index in [0.717, 1.165) is 78.0 Å². The van der Waals surface area contributed by atoms with E-state index < -0.39 is 6.17 Å². The molecule has 3 heterocycles. The Balaban J connectivity index is 1.08. The topological polar surface area (TPSA) is 62.5 Å². The van der Waals surface area contributed by atoms with E-state index in [1.807, 2.05) is 30.6 Å². The summed E-state index contributed by atoms with van der Waals surface area (Å²) < 4.78 is 0. The fraction of sp³-hybridized carbons (Fsp3) is 0.0222. The summed E-state index contributed by atoms with van der Waals surface area (Å²) in [6.45, 7) is 0. The average Bonchev–Trinajstić information content (AvgIpc) is 3.21. The Hall–Kier alpha value is -6.72. The zero-order valence-electron chi connectivity index (χ0n) is 27.1. The normalized spacial score (nSPS) is 14.2. The first-order chi connectivity index (χ1) is 24.8. The van der Waals surface area contributed by atoms with E-state index >= 15 is 0 Å². The Bertz CT molecular complexity index is 2530. The summed E-state index contributed by atoms with van der Waals surface area (Å²) in [6.07, 6.45) is 3.27. The van der Waals surface area contributed by atoms with Gasteiger partial charge < -0.3 is 5.32 Å². The van der Waals surface area contributed by atoms with Crippen molar-refractivity contribution in [1.82, 2.24) is 15.3 Å². The van der Waals surface area contributed by atoms with Gasteiger partial charge in [-0.05, 0) is 39.9 Å². The molecule has 5 nitrogen and oxygen atoms in total. The smallest absolute Gasteiger partial charge is 0.169 e. The van der Waals surface area contributed by atoms with Gasteiger partial charge in [0.05, 0.1) is 11.0 Å². The SMILES string of the molecule is c1ccc(-c2ccc(C3=NC(c4ccc(-c5cccc6cccnc56)cc4)N=C(c4ccc(-c5cccc6cccnc56)cc4)N3)cc2)cc1. The van der Waals surface area contributed by atoms with Crippen LogP contribution in [0.25, 0.3) is 55.2 Å². The van der Waals surface area contributed by atoms with Gasteiger partial charge in [-0.1, -0.05) is 152 Å². The molecule has 0 spiro atoms. The van der Waals surface area contributed by atoms with E-state index in [1.54, 1.807) is 0 Å². The van der Waals surface area contributed by atoms with Crippen LogP contribution in [0.2, 0.25) is 0 Å². The predicted molar refractivity (Wildman–Crippen MR) is 205 cm³/mol. The molecule has 236 valence electrons. The Morgan fingerprint density at radius 2 is 0.800 bits per heavy atom. The number of nitrogens with one attached hydrogen (secondary N) is 1. The standard InChI is InChI=1S/C45H31N5/c1-2-8-30(9-3-1)31-16-22-36(23-17-31)43-48-44(37-24-18-32(19-25-37)39-14-4-10-34-12-6-28-46-41(34)39)50-45(49-43)38-26-20-33(21-27-38)40-15-5-11-35-13-7-29-47-42(35)40/h1-29,44H,(H,48,49,50). The van der Waals surface area contributed by atoms with Gasteiger partial charge in [-0.3, -0.25) is 9.97 Å². The van der Waals surface area contributed by atoms with Gasteiger partial charge >= 0.3 is 0 Å². The number of fused-ring (bicyclic) bond motifs is 2. The highest BCUT2D eigenvalue weighted by Gasteiger charge is 2.21. The molecular weight excluding hydrogens is 611 g/mol. The van der Waals surface area contributed by atoms with Crippen LogP contribution >= 0.6 is 0 Å². The lowest BCUT2D eigenvalue weighted by molar-refractivity contribution is 0.756. The van der Waals surface area contributed by atoms with Crippen molar-refractivity contribution in [3.63, 3.8) is 0 Å². The molecule has 1 aliphatic rings. The van der Waals surface area contributed by atoms with Crippen molar-refractivity contribution in [3.8, 4) is 33.4 Å². The molecule has 0 saturated carbocycles. The second kappa shape index (κ2) is 12.7. The maximum absolute atomic E-state index is 5.16. The molecule has 9 rings (SSSR count). The molecule has 8 aromatic rings. The van der Waals surface area contributed by atoms with E-state index in [4.69, 9.17) is 9.98 Å². The third-order valence-electron chi connectivity index (χ3n) is 9.26. The maximum Gasteiger partial charge on any atom is 0.169 e. The first-order valence-corrected chi connectivity index (χ1v) is 16.7. The summed E-state index contributed by atoms with van der Waals surface area (Å²) in [5.41, 5.74) is 11.7. The first-order valence-electron chi connectivity index (χ1n) is 16.7. The molecule has 1 atom stereocenters. The maximum atomic E-state index is 5.16. The van der Waals surface area contributed by atoms with E-state index in [2.05, 4.69) is 161 Å². The van der Waals surface area contributed by atoms with E-state index in [-0.39, 0.29) is 0 Å².